The lowest BCUT2D eigenvalue weighted by molar-refractivity contribution is 0.144. The molecule has 1 saturated carbocycles. The lowest BCUT2D eigenvalue weighted by Gasteiger charge is -2.36. The van der Waals surface area contributed by atoms with Gasteiger partial charge >= 0.3 is 0 Å². The summed E-state index contributed by atoms with van der Waals surface area (Å²) < 4.78 is 16.1. The Kier molecular flexibility index (Phi) is 5.68. The van der Waals surface area contributed by atoms with Crippen LogP contribution in [-0.4, -0.2) is 40.0 Å². The molecule has 0 radical (unpaired) electrons. The van der Waals surface area contributed by atoms with Crippen molar-refractivity contribution in [2.24, 2.45) is 0 Å². The fourth-order valence-corrected chi connectivity index (χ4v) is 2.64. The molecule has 1 aliphatic rings. The zero-order valence-electron chi connectivity index (χ0n) is 12.6. The summed E-state index contributed by atoms with van der Waals surface area (Å²) in [6.45, 7) is 4.32. The minimum atomic E-state index is 0.540. The molecular formula is C16H25NO3. The van der Waals surface area contributed by atoms with Crippen LogP contribution in [0, 0.1) is 0 Å². The first-order chi connectivity index (χ1) is 9.78. The van der Waals surface area contributed by atoms with E-state index in [9.17, 15) is 0 Å². The molecule has 0 atom stereocenters. The van der Waals surface area contributed by atoms with Gasteiger partial charge in [-0.05, 0) is 43.0 Å². The van der Waals surface area contributed by atoms with Gasteiger partial charge in [-0.2, -0.15) is 0 Å². The number of methoxy groups -OCH3 is 2. The van der Waals surface area contributed by atoms with Crippen LogP contribution in [0.25, 0.3) is 0 Å². The van der Waals surface area contributed by atoms with E-state index >= 15 is 0 Å². The summed E-state index contributed by atoms with van der Waals surface area (Å²) in [4.78, 5) is 0. The predicted octanol–water partition coefficient (Wildman–Crippen LogP) is 2.58. The number of hydrogen-bond donors (Lipinski definition) is 1. The van der Waals surface area contributed by atoms with Gasteiger partial charge in [0.15, 0.2) is 11.5 Å². The van der Waals surface area contributed by atoms with Crippen LogP contribution in [0.3, 0.4) is 0 Å². The Labute approximate surface area is 121 Å². The van der Waals surface area contributed by atoms with Gasteiger partial charge in [0.25, 0.3) is 0 Å². The van der Waals surface area contributed by atoms with E-state index in [4.69, 9.17) is 14.2 Å². The third kappa shape index (κ3) is 3.64. The van der Waals surface area contributed by atoms with Crippen molar-refractivity contribution in [3.8, 4) is 11.5 Å². The zero-order chi connectivity index (χ0) is 14.4. The summed E-state index contributed by atoms with van der Waals surface area (Å²) in [6.07, 6.45) is 2.42. The number of benzene rings is 1. The van der Waals surface area contributed by atoms with E-state index in [2.05, 4.69) is 24.4 Å². The van der Waals surface area contributed by atoms with Crippen LogP contribution in [0.2, 0.25) is 0 Å². The molecule has 0 heterocycles. The summed E-state index contributed by atoms with van der Waals surface area (Å²) in [5.74, 6) is 2.24. The van der Waals surface area contributed by atoms with Gasteiger partial charge in [-0.15, -0.1) is 0 Å². The van der Waals surface area contributed by atoms with E-state index in [1.807, 2.05) is 6.07 Å². The minimum Gasteiger partial charge on any atom is -0.493 e. The van der Waals surface area contributed by atoms with Crippen molar-refractivity contribution in [1.29, 1.82) is 0 Å². The highest BCUT2D eigenvalue weighted by Crippen LogP contribution is 2.40. The SMILES string of the molecule is CCNC1CC(c2ccc(OCCOC)c(OC)c2)C1. The smallest absolute Gasteiger partial charge is 0.161 e. The maximum Gasteiger partial charge on any atom is 0.161 e. The first-order valence-corrected chi connectivity index (χ1v) is 7.31. The number of nitrogens with one attached hydrogen (secondary N) is 1. The van der Waals surface area contributed by atoms with Crippen molar-refractivity contribution >= 4 is 0 Å². The van der Waals surface area contributed by atoms with Gasteiger partial charge in [0, 0.05) is 13.2 Å². The molecule has 4 nitrogen and oxygen atoms in total. The van der Waals surface area contributed by atoms with Crippen LogP contribution >= 0.6 is 0 Å². The molecule has 2 rings (SSSR count). The van der Waals surface area contributed by atoms with E-state index in [0.29, 0.717) is 25.2 Å². The van der Waals surface area contributed by atoms with E-state index in [-0.39, 0.29) is 0 Å². The number of ether oxygens (including phenoxy) is 3. The molecule has 1 fully saturated rings. The van der Waals surface area contributed by atoms with Crippen LogP contribution in [0.4, 0.5) is 0 Å². The normalized spacial score (nSPS) is 21.4. The third-order valence-electron chi connectivity index (χ3n) is 3.83. The quantitative estimate of drug-likeness (QED) is 0.742. The highest BCUT2D eigenvalue weighted by Gasteiger charge is 2.29. The highest BCUT2D eigenvalue weighted by molar-refractivity contribution is 5.44. The molecule has 1 aromatic rings. The van der Waals surface area contributed by atoms with Gasteiger partial charge in [-0.1, -0.05) is 13.0 Å². The first-order valence-electron chi connectivity index (χ1n) is 7.31. The molecule has 0 bridgehead atoms. The largest absolute Gasteiger partial charge is 0.493 e. The molecular weight excluding hydrogens is 254 g/mol. The highest BCUT2D eigenvalue weighted by atomic mass is 16.5. The standard InChI is InChI=1S/C16H25NO3/c1-4-17-14-9-13(10-14)12-5-6-15(16(11-12)19-3)20-8-7-18-2/h5-6,11,13-14,17H,4,7-10H2,1-3H3. The molecule has 112 valence electrons. The van der Waals surface area contributed by atoms with Crippen LogP contribution in [0.5, 0.6) is 11.5 Å². The van der Waals surface area contributed by atoms with Gasteiger partial charge in [-0.25, -0.2) is 0 Å². The topological polar surface area (TPSA) is 39.7 Å². The average Bonchev–Trinajstić information content (AvgIpc) is 2.43. The molecule has 0 aromatic heterocycles. The fraction of sp³-hybridized carbons (Fsp3) is 0.625. The van der Waals surface area contributed by atoms with E-state index in [1.54, 1.807) is 14.2 Å². The minimum absolute atomic E-state index is 0.540. The second-order valence-corrected chi connectivity index (χ2v) is 5.17. The lowest BCUT2D eigenvalue weighted by atomic mass is 9.76. The molecule has 4 heteroatoms. The molecule has 1 aliphatic carbocycles. The second kappa shape index (κ2) is 7.50. The lowest BCUT2D eigenvalue weighted by Crippen LogP contribution is -2.39. The molecule has 20 heavy (non-hydrogen) atoms. The van der Waals surface area contributed by atoms with Crippen LogP contribution in [0.15, 0.2) is 18.2 Å². The predicted molar refractivity (Wildman–Crippen MR) is 79.8 cm³/mol. The van der Waals surface area contributed by atoms with Crippen molar-refractivity contribution < 1.29 is 14.2 Å². The Balaban J connectivity index is 1.95. The Hall–Kier alpha value is -1.26. The summed E-state index contributed by atoms with van der Waals surface area (Å²) in [6, 6.07) is 6.94. The second-order valence-electron chi connectivity index (χ2n) is 5.17. The van der Waals surface area contributed by atoms with Gasteiger partial charge < -0.3 is 19.5 Å². The first kappa shape index (κ1) is 15.1. The fourth-order valence-electron chi connectivity index (χ4n) is 2.64. The average molecular weight is 279 g/mol. The molecule has 0 spiro atoms. The summed E-state index contributed by atoms with van der Waals surface area (Å²) in [5.41, 5.74) is 1.34. The van der Waals surface area contributed by atoms with Crippen molar-refractivity contribution in [3.05, 3.63) is 23.8 Å². The van der Waals surface area contributed by atoms with Crippen LogP contribution in [-0.2, 0) is 4.74 Å². The van der Waals surface area contributed by atoms with Crippen LogP contribution < -0.4 is 14.8 Å². The van der Waals surface area contributed by atoms with E-state index in [1.165, 1.54) is 18.4 Å². The molecule has 0 unspecified atom stereocenters. The Morgan fingerprint density at radius 3 is 2.60 bits per heavy atom. The van der Waals surface area contributed by atoms with E-state index < -0.39 is 0 Å². The maximum atomic E-state index is 5.65. The Bertz CT molecular complexity index is 416. The van der Waals surface area contributed by atoms with Crippen molar-refractivity contribution in [1.82, 2.24) is 5.32 Å². The molecule has 1 N–H and O–H groups in total. The van der Waals surface area contributed by atoms with Crippen molar-refractivity contribution in [3.63, 3.8) is 0 Å². The molecule has 0 amide bonds. The molecule has 0 aliphatic heterocycles. The molecule has 1 aromatic carbocycles. The number of rotatable bonds is 8. The summed E-state index contributed by atoms with van der Waals surface area (Å²) in [7, 11) is 3.35. The van der Waals surface area contributed by atoms with Crippen LogP contribution in [0.1, 0.15) is 31.2 Å². The van der Waals surface area contributed by atoms with E-state index in [0.717, 1.165) is 18.0 Å². The van der Waals surface area contributed by atoms with Gasteiger partial charge in [0.2, 0.25) is 0 Å². The van der Waals surface area contributed by atoms with Gasteiger partial charge in [0.1, 0.15) is 6.61 Å². The Morgan fingerprint density at radius 2 is 1.95 bits per heavy atom. The van der Waals surface area contributed by atoms with Crippen molar-refractivity contribution in [2.45, 2.75) is 31.7 Å². The van der Waals surface area contributed by atoms with Crippen molar-refractivity contribution in [2.75, 3.05) is 34.0 Å². The zero-order valence-corrected chi connectivity index (χ0v) is 12.6. The number of hydrogen-bond acceptors (Lipinski definition) is 4. The summed E-state index contributed by atoms with van der Waals surface area (Å²) in [5, 5.41) is 3.49. The van der Waals surface area contributed by atoms with Gasteiger partial charge in [-0.3, -0.25) is 0 Å². The molecule has 0 saturated heterocycles. The monoisotopic (exact) mass is 279 g/mol. The maximum absolute atomic E-state index is 5.65. The summed E-state index contributed by atoms with van der Waals surface area (Å²) >= 11 is 0. The van der Waals surface area contributed by atoms with Gasteiger partial charge in [0.05, 0.1) is 13.7 Å². The Morgan fingerprint density at radius 1 is 1.15 bits per heavy atom. The third-order valence-corrected chi connectivity index (χ3v) is 3.83.